The number of nitrogens with zero attached hydrogens (tertiary/aromatic N) is 1. The summed E-state index contributed by atoms with van der Waals surface area (Å²) in [6.45, 7) is 2.19. The van der Waals surface area contributed by atoms with Gasteiger partial charge in [0.15, 0.2) is 0 Å². The van der Waals surface area contributed by atoms with Crippen LogP contribution in [0.5, 0.6) is 0 Å². The Morgan fingerprint density at radius 1 is 1.38 bits per heavy atom. The minimum atomic E-state index is 0.364. The molecule has 2 rings (SSSR count). The minimum absolute atomic E-state index is 0.364. The van der Waals surface area contributed by atoms with Crippen LogP contribution in [0.1, 0.15) is 50.6 Å². The van der Waals surface area contributed by atoms with Crippen LogP contribution in [0.25, 0.3) is 0 Å². The molecule has 1 aliphatic rings. The Hall–Kier alpha value is -0.600. The Bertz CT molecular complexity index is 334. The first-order chi connectivity index (χ1) is 7.75. The Kier molecular flexibility index (Phi) is 4.19. The van der Waals surface area contributed by atoms with Gasteiger partial charge >= 0.3 is 0 Å². The lowest BCUT2D eigenvalue weighted by Gasteiger charge is -2.26. The van der Waals surface area contributed by atoms with E-state index in [1.165, 1.54) is 37.7 Å². The summed E-state index contributed by atoms with van der Waals surface area (Å²) < 4.78 is 0. The second-order valence-electron chi connectivity index (χ2n) is 4.64. The first-order valence-electron chi connectivity index (χ1n) is 6.13. The van der Waals surface area contributed by atoms with Gasteiger partial charge in [-0.2, -0.15) is 0 Å². The highest BCUT2D eigenvalue weighted by molar-refractivity contribution is 6.29. The monoisotopic (exact) mass is 238 g/mol. The van der Waals surface area contributed by atoms with E-state index in [4.69, 9.17) is 11.6 Å². The number of nitrogens with one attached hydrogen (secondary N) is 1. The Labute approximate surface area is 102 Å². The van der Waals surface area contributed by atoms with Crippen LogP contribution < -0.4 is 5.32 Å². The summed E-state index contributed by atoms with van der Waals surface area (Å²) in [6.07, 6.45) is 8.51. The van der Waals surface area contributed by atoms with Gasteiger partial charge in [-0.05, 0) is 37.5 Å². The van der Waals surface area contributed by atoms with Gasteiger partial charge in [0, 0.05) is 18.3 Å². The fraction of sp³-hybridized carbons (Fsp3) is 0.615. The molecular weight excluding hydrogens is 220 g/mol. The van der Waals surface area contributed by atoms with Crippen LogP contribution in [-0.2, 0) is 0 Å². The molecule has 1 aromatic heterocycles. The van der Waals surface area contributed by atoms with Gasteiger partial charge in [0.25, 0.3) is 0 Å². The molecule has 1 aromatic rings. The largest absolute Gasteiger partial charge is 0.307 e. The standard InChI is InChI=1S/C13H19ClN2/c1-10(11-7-8-15-13(14)9-11)16-12-5-3-2-4-6-12/h7-10,12,16H,2-6H2,1H3. The maximum atomic E-state index is 5.89. The van der Waals surface area contributed by atoms with E-state index in [2.05, 4.69) is 17.2 Å². The highest BCUT2D eigenvalue weighted by Crippen LogP contribution is 2.22. The number of rotatable bonds is 3. The molecule has 1 unspecified atom stereocenters. The van der Waals surface area contributed by atoms with Crippen molar-refractivity contribution in [2.75, 3.05) is 0 Å². The van der Waals surface area contributed by atoms with Crippen molar-refractivity contribution >= 4 is 11.6 Å². The van der Waals surface area contributed by atoms with Crippen LogP contribution in [0.3, 0.4) is 0 Å². The Morgan fingerprint density at radius 3 is 2.81 bits per heavy atom. The van der Waals surface area contributed by atoms with Crippen LogP contribution in [-0.4, -0.2) is 11.0 Å². The van der Waals surface area contributed by atoms with Gasteiger partial charge in [-0.1, -0.05) is 30.9 Å². The molecule has 0 aliphatic heterocycles. The smallest absolute Gasteiger partial charge is 0.129 e. The van der Waals surface area contributed by atoms with Crippen molar-refractivity contribution in [2.45, 2.75) is 51.1 Å². The summed E-state index contributed by atoms with van der Waals surface area (Å²) >= 11 is 5.89. The zero-order valence-electron chi connectivity index (χ0n) is 9.75. The summed E-state index contributed by atoms with van der Waals surface area (Å²) in [6, 6.07) is 5.02. The van der Waals surface area contributed by atoms with Gasteiger partial charge < -0.3 is 5.32 Å². The summed E-state index contributed by atoms with van der Waals surface area (Å²) in [5.74, 6) is 0. The SMILES string of the molecule is CC(NC1CCCCC1)c1ccnc(Cl)c1. The quantitative estimate of drug-likeness (QED) is 0.812. The molecule has 1 atom stereocenters. The van der Waals surface area contributed by atoms with Crippen molar-refractivity contribution in [1.82, 2.24) is 10.3 Å². The van der Waals surface area contributed by atoms with Crippen LogP contribution in [0.4, 0.5) is 0 Å². The molecule has 0 bridgehead atoms. The van der Waals surface area contributed by atoms with E-state index in [1.54, 1.807) is 6.20 Å². The van der Waals surface area contributed by atoms with Crippen molar-refractivity contribution < 1.29 is 0 Å². The normalized spacial score (nSPS) is 19.6. The molecule has 0 radical (unpaired) electrons. The number of hydrogen-bond acceptors (Lipinski definition) is 2. The molecule has 16 heavy (non-hydrogen) atoms. The zero-order chi connectivity index (χ0) is 11.4. The van der Waals surface area contributed by atoms with Gasteiger partial charge in [0.2, 0.25) is 0 Å². The molecule has 0 saturated heterocycles. The van der Waals surface area contributed by atoms with Gasteiger partial charge in [0.05, 0.1) is 0 Å². The topological polar surface area (TPSA) is 24.9 Å². The van der Waals surface area contributed by atoms with E-state index in [9.17, 15) is 0 Å². The average molecular weight is 239 g/mol. The minimum Gasteiger partial charge on any atom is -0.307 e. The van der Waals surface area contributed by atoms with Crippen molar-refractivity contribution in [1.29, 1.82) is 0 Å². The predicted molar refractivity (Wildman–Crippen MR) is 67.7 cm³/mol. The third-order valence-electron chi connectivity index (χ3n) is 3.34. The highest BCUT2D eigenvalue weighted by atomic mass is 35.5. The van der Waals surface area contributed by atoms with Crippen molar-refractivity contribution in [3.63, 3.8) is 0 Å². The van der Waals surface area contributed by atoms with E-state index in [-0.39, 0.29) is 0 Å². The lowest BCUT2D eigenvalue weighted by atomic mass is 9.94. The fourth-order valence-corrected chi connectivity index (χ4v) is 2.59. The first kappa shape index (κ1) is 11.9. The van der Waals surface area contributed by atoms with Crippen molar-refractivity contribution in [3.8, 4) is 0 Å². The average Bonchev–Trinajstić information content (AvgIpc) is 2.30. The van der Waals surface area contributed by atoms with Crippen LogP contribution in [0, 0.1) is 0 Å². The zero-order valence-corrected chi connectivity index (χ0v) is 10.5. The number of halogens is 1. The second-order valence-corrected chi connectivity index (χ2v) is 5.02. The molecule has 1 fully saturated rings. The predicted octanol–water partition coefficient (Wildman–Crippen LogP) is 3.72. The summed E-state index contributed by atoms with van der Waals surface area (Å²) in [5.41, 5.74) is 1.23. The summed E-state index contributed by atoms with van der Waals surface area (Å²) in [5, 5.41) is 4.25. The highest BCUT2D eigenvalue weighted by Gasteiger charge is 2.16. The molecule has 1 heterocycles. The van der Waals surface area contributed by atoms with Gasteiger partial charge in [-0.15, -0.1) is 0 Å². The summed E-state index contributed by atoms with van der Waals surface area (Å²) in [4.78, 5) is 4.01. The number of pyridine rings is 1. The molecule has 1 saturated carbocycles. The molecule has 0 amide bonds. The molecule has 88 valence electrons. The van der Waals surface area contributed by atoms with Crippen molar-refractivity contribution in [2.24, 2.45) is 0 Å². The van der Waals surface area contributed by atoms with Gasteiger partial charge in [-0.25, -0.2) is 4.98 Å². The molecule has 3 heteroatoms. The van der Waals surface area contributed by atoms with Crippen LogP contribution in [0.2, 0.25) is 5.15 Å². The number of aromatic nitrogens is 1. The fourth-order valence-electron chi connectivity index (χ4n) is 2.41. The van der Waals surface area contributed by atoms with E-state index >= 15 is 0 Å². The number of hydrogen-bond donors (Lipinski definition) is 1. The van der Waals surface area contributed by atoms with Crippen molar-refractivity contribution in [3.05, 3.63) is 29.0 Å². The summed E-state index contributed by atoms with van der Waals surface area (Å²) in [7, 11) is 0. The van der Waals surface area contributed by atoms with Gasteiger partial charge in [0.1, 0.15) is 5.15 Å². The van der Waals surface area contributed by atoms with Crippen LogP contribution >= 0.6 is 11.6 Å². The molecule has 0 spiro atoms. The Balaban J connectivity index is 1.94. The third-order valence-corrected chi connectivity index (χ3v) is 3.55. The lowest BCUT2D eigenvalue weighted by Crippen LogP contribution is -2.33. The molecule has 0 aromatic carbocycles. The maximum Gasteiger partial charge on any atom is 0.129 e. The van der Waals surface area contributed by atoms with E-state index in [0.717, 1.165) is 0 Å². The molecule has 1 aliphatic carbocycles. The molecular formula is C13H19ClN2. The van der Waals surface area contributed by atoms with Crippen LogP contribution in [0.15, 0.2) is 18.3 Å². The van der Waals surface area contributed by atoms with E-state index < -0.39 is 0 Å². The van der Waals surface area contributed by atoms with Gasteiger partial charge in [-0.3, -0.25) is 0 Å². The second kappa shape index (κ2) is 5.65. The first-order valence-corrected chi connectivity index (χ1v) is 6.51. The Morgan fingerprint density at radius 2 is 2.12 bits per heavy atom. The lowest BCUT2D eigenvalue weighted by molar-refractivity contribution is 0.347. The maximum absolute atomic E-state index is 5.89. The van der Waals surface area contributed by atoms with E-state index in [0.29, 0.717) is 17.2 Å². The van der Waals surface area contributed by atoms with E-state index in [1.807, 2.05) is 12.1 Å². The molecule has 2 nitrogen and oxygen atoms in total. The molecule has 1 N–H and O–H groups in total. The third kappa shape index (κ3) is 3.19.